The van der Waals surface area contributed by atoms with Crippen molar-refractivity contribution in [1.29, 1.82) is 0 Å². The van der Waals surface area contributed by atoms with E-state index in [0.717, 1.165) is 31.9 Å². The number of hydrazone groups is 1. The molecule has 4 rings (SSSR count). The fourth-order valence-corrected chi connectivity index (χ4v) is 4.24. The number of hydrogen-bond donors (Lipinski definition) is 2. The van der Waals surface area contributed by atoms with Crippen molar-refractivity contribution in [3.8, 4) is 5.75 Å². The number of halogens is 1. The van der Waals surface area contributed by atoms with E-state index in [-0.39, 0.29) is 11.8 Å². The van der Waals surface area contributed by atoms with Crippen molar-refractivity contribution >= 4 is 44.7 Å². The van der Waals surface area contributed by atoms with Crippen molar-refractivity contribution in [3.05, 3.63) is 112 Å². The van der Waals surface area contributed by atoms with Gasteiger partial charge in [-0.15, -0.1) is 0 Å². The van der Waals surface area contributed by atoms with E-state index in [1.165, 1.54) is 0 Å². The molecule has 0 saturated heterocycles. The molecule has 0 bridgehead atoms. The Kier molecular flexibility index (Phi) is 8.92. The largest absolute Gasteiger partial charge is 0.488 e. The summed E-state index contributed by atoms with van der Waals surface area (Å²) in [4.78, 5) is 25.7. The number of hydrogen-bond acceptors (Lipinski definition) is 4. The molecular formula is C31H30BrN3O3. The van der Waals surface area contributed by atoms with Crippen molar-refractivity contribution in [2.75, 3.05) is 0 Å². The number of nitrogens with one attached hydrogen (secondary N) is 2. The van der Waals surface area contributed by atoms with Crippen LogP contribution in [0, 0.1) is 12.8 Å². The Labute approximate surface area is 231 Å². The molecule has 2 amide bonds. The standard InChI is InChI=1S/C31H30BrN3O3/c1-20(2)29(34-30(36)24-12-8-21(3)9-13-24)31(37)35-33-18-27-26-7-5-4-6-23(26)14-17-28(27)38-19-22-10-15-25(32)16-11-22/h4-18,20,29H,19H2,1-3H3,(H,34,36)(H,35,37)/b33-18-. The van der Waals surface area contributed by atoms with Crippen molar-refractivity contribution in [2.24, 2.45) is 11.0 Å². The minimum Gasteiger partial charge on any atom is -0.488 e. The van der Waals surface area contributed by atoms with Crippen LogP contribution in [0.15, 0.2) is 94.5 Å². The fraction of sp³-hybridized carbons (Fsp3) is 0.194. The molecule has 4 aromatic carbocycles. The number of carbonyl (C=O) groups is 2. The number of rotatable bonds is 9. The maximum Gasteiger partial charge on any atom is 0.262 e. The minimum atomic E-state index is -0.749. The van der Waals surface area contributed by atoms with Crippen molar-refractivity contribution in [1.82, 2.24) is 10.7 Å². The van der Waals surface area contributed by atoms with Crippen LogP contribution in [-0.2, 0) is 11.4 Å². The van der Waals surface area contributed by atoms with Gasteiger partial charge in [0.05, 0.1) is 6.21 Å². The smallest absolute Gasteiger partial charge is 0.262 e. The Morgan fingerprint density at radius 1 is 0.947 bits per heavy atom. The van der Waals surface area contributed by atoms with Gasteiger partial charge >= 0.3 is 0 Å². The van der Waals surface area contributed by atoms with Crippen LogP contribution in [0.25, 0.3) is 10.8 Å². The van der Waals surface area contributed by atoms with Gasteiger partial charge in [-0.1, -0.05) is 89.9 Å². The Morgan fingerprint density at radius 3 is 2.37 bits per heavy atom. The molecule has 0 aliphatic heterocycles. The van der Waals surface area contributed by atoms with Crippen LogP contribution in [0.3, 0.4) is 0 Å². The molecule has 0 spiro atoms. The Bertz CT molecular complexity index is 1450. The van der Waals surface area contributed by atoms with Gasteiger partial charge in [-0.2, -0.15) is 5.10 Å². The summed E-state index contributed by atoms with van der Waals surface area (Å²) in [6.07, 6.45) is 1.59. The highest BCUT2D eigenvalue weighted by Crippen LogP contribution is 2.27. The van der Waals surface area contributed by atoms with Gasteiger partial charge in [0.1, 0.15) is 18.4 Å². The molecule has 0 radical (unpaired) electrons. The lowest BCUT2D eigenvalue weighted by Gasteiger charge is -2.20. The predicted molar refractivity (Wildman–Crippen MR) is 155 cm³/mol. The summed E-state index contributed by atoms with van der Waals surface area (Å²) in [5.41, 5.74) is 5.95. The van der Waals surface area contributed by atoms with E-state index in [1.807, 2.05) is 93.6 Å². The third kappa shape index (κ3) is 6.86. The van der Waals surface area contributed by atoms with E-state index < -0.39 is 11.9 Å². The predicted octanol–water partition coefficient (Wildman–Crippen LogP) is 6.39. The molecule has 0 heterocycles. The number of ether oxygens (including phenoxy) is 1. The summed E-state index contributed by atoms with van der Waals surface area (Å²) in [6, 6.07) is 26.2. The number of carbonyl (C=O) groups excluding carboxylic acids is 2. The molecule has 0 aliphatic rings. The number of benzene rings is 4. The zero-order valence-electron chi connectivity index (χ0n) is 21.6. The van der Waals surface area contributed by atoms with E-state index in [9.17, 15) is 9.59 Å². The van der Waals surface area contributed by atoms with Crippen LogP contribution in [0.1, 0.15) is 40.9 Å². The first-order valence-electron chi connectivity index (χ1n) is 12.4. The van der Waals surface area contributed by atoms with Gasteiger partial charge in [0.25, 0.3) is 11.8 Å². The van der Waals surface area contributed by atoms with Gasteiger partial charge in [0, 0.05) is 15.6 Å². The Hall–Kier alpha value is -3.97. The zero-order chi connectivity index (χ0) is 27.1. The topological polar surface area (TPSA) is 79.8 Å². The molecule has 2 N–H and O–H groups in total. The van der Waals surface area contributed by atoms with E-state index >= 15 is 0 Å². The number of amides is 2. The Balaban J connectivity index is 1.51. The van der Waals surface area contributed by atoms with E-state index in [0.29, 0.717) is 17.9 Å². The third-order valence-corrected chi connectivity index (χ3v) is 6.68. The second kappa shape index (κ2) is 12.5. The molecule has 6 nitrogen and oxygen atoms in total. The van der Waals surface area contributed by atoms with Crippen molar-refractivity contribution in [2.45, 2.75) is 33.4 Å². The summed E-state index contributed by atoms with van der Waals surface area (Å²) in [7, 11) is 0. The molecule has 7 heteroatoms. The van der Waals surface area contributed by atoms with Crippen LogP contribution in [-0.4, -0.2) is 24.1 Å². The van der Waals surface area contributed by atoms with Gasteiger partial charge in [0.2, 0.25) is 0 Å². The first-order valence-corrected chi connectivity index (χ1v) is 13.2. The second-order valence-electron chi connectivity index (χ2n) is 9.41. The van der Waals surface area contributed by atoms with Gasteiger partial charge < -0.3 is 10.1 Å². The van der Waals surface area contributed by atoms with E-state index in [2.05, 4.69) is 31.8 Å². The first kappa shape index (κ1) is 27.1. The maximum atomic E-state index is 13.0. The molecule has 194 valence electrons. The molecule has 0 saturated carbocycles. The van der Waals surface area contributed by atoms with Gasteiger partial charge in [-0.3, -0.25) is 9.59 Å². The van der Waals surface area contributed by atoms with Crippen LogP contribution in [0.2, 0.25) is 0 Å². The normalized spacial score (nSPS) is 12.0. The third-order valence-electron chi connectivity index (χ3n) is 6.16. The van der Waals surface area contributed by atoms with Crippen LogP contribution in [0.5, 0.6) is 5.75 Å². The lowest BCUT2D eigenvalue weighted by Crippen LogP contribution is -2.48. The highest BCUT2D eigenvalue weighted by atomic mass is 79.9. The van der Waals surface area contributed by atoms with E-state index in [1.54, 1.807) is 18.3 Å². The molecule has 0 fully saturated rings. The molecule has 38 heavy (non-hydrogen) atoms. The summed E-state index contributed by atoms with van der Waals surface area (Å²) in [5, 5.41) is 9.06. The van der Waals surface area contributed by atoms with Crippen LogP contribution in [0.4, 0.5) is 0 Å². The number of fused-ring (bicyclic) bond motifs is 1. The molecule has 0 aromatic heterocycles. The molecule has 1 unspecified atom stereocenters. The summed E-state index contributed by atoms with van der Waals surface area (Å²) >= 11 is 3.45. The number of nitrogens with zero attached hydrogens (tertiary/aromatic N) is 1. The molecule has 0 aliphatic carbocycles. The first-order chi connectivity index (χ1) is 18.3. The van der Waals surface area contributed by atoms with Crippen molar-refractivity contribution < 1.29 is 14.3 Å². The summed E-state index contributed by atoms with van der Waals surface area (Å²) in [6.45, 7) is 6.10. The van der Waals surface area contributed by atoms with Crippen LogP contribution < -0.4 is 15.5 Å². The highest BCUT2D eigenvalue weighted by Gasteiger charge is 2.24. The maximum absolute atomic E-state index is 13.0. The highest BCUT2D eigenvalue weighted by molar-refractivity contribution is 9.10. The second-order valence-corrected chi connectivity index (χ2v) is 10.3. The lowest BCUT2D eigenvalue weighted by molar-refractivity contribution is -0.123. The summed E-state index contributed by atoms with van der Waals surface area (Å²) < 4.78 is 7.15. The lowest BCUT2D eigenvalue weighted by atomic mass is 10.0. The fourth-order valence-electron chi connectivity index (χ4n) is 3.97. The quantitative estimate of drug-likeness (QED) is 0.180. The Morgan fingerprint density at radius 2 is 1.66 bits per heavy atom. The van der Waals surface area contributed by atoms with E-state index in [4.69, 9.17) is 4.74 Å². The molecular weight excluding hydrogens is 542 g/mol. The summed E-state index contributed by atoms with van der Waals surface area (Å²) in [5.74, 6) is -0.186. The average Bonchev–Trinajstić information content (AvgIpc) is 2.92. The van der Waals surface area contributed by atoms with Gasteiger partial charge in [0.15, 0.2) is 0 Å². The number of aryl methyl sites for hydroxylation is 1. The molecule has 4 aromatic rings. The van der Waals surface area contributed by atoms with Crippen LogP contribution >= 0.6 is 15.9 Å². The van der Waals surface area contributed by atoms with Gasteiger partial charge in [-0.25, -0.2) is 5.43 Å². The zero-order valence-corrected chi connectivity index (χ0v) is 23.2. The van der Waals surface area contributed by atoms with Gasteiger partial charge in [-0.05, 0) is 59.5 Å². The SMILES string of the molecule is Cc1ccc(C(=O)NC(C(=O)N/N=C\c2c(OCc3ccc(Br)cc3)ccc3ccccc23)C(C)C)cc1. The minimum absolute atomic E-state index is 0.137. The monoisotopic (exact) mass is 571 g/mol. The average molecular weight is 573 g/mol. The molecule has 1 atom stereocenters. The van der Waals surface area contributed by atoms with Crippen molar-refractivity contribution in [3.63, 3.8) is 0 Å².